The molecule has 1 unspecified atom stereocenters. The van der Waals surface area contributed by atoms with Gasteiger partial charge in [-0.1, -0.05) is 36.4 Å². The summed E-state index contributed by atoms with van der Waals surface area (Å²) in [7, 11) is 0. The van der Waals surface area contributed by atoms with E-state index in [-0.39, 0.29) is 18.9 Å². The third-order valence-corrected chi connectivity index (χ3v) is 4.43. The molecular formula is C19H20N2O3. The summed E-state index contributed by atoms with van der Waals surface area (Å²) in [6.07, 6.45) is 2.34. The summed E-state index contributed by atoms with van der Waals surface area (Å²) in [6.45, 7) is 0.710. The van der Waals surface area contributed by atoms with Crippen molar-refractivity contribution in [1.82, 2.24) is 10.6 Å². The molecule has 124 valence electrons. The Balaban J connectivity index is 1.36. The van der Waals surface area contributed by atoms with Crippen molar-refractivity contribution >= 4 is 6.03 Å². The number of fused-ring (bicyclic) bond motifs is 1. The van der Waals surface area contributed by atoms with Crippen molar-refractivity contribution in [1.29, 1.82) is 0 Å². The molecule has 0 spiro atoms. The van der Waals surface area contributed by atoms with E-state index in [1.165, 1.54) is 18.4 Å². The van der Waals surface area contributed by atoms with E-state index < -0.39 is 0 Å². The van der Waals surface area contributed by atoms with E-state index in [0.717, 1.165) is 17.1 Å². The van der Waals surface area contributed by atoms with Crippen LogP contribution in [-0.4, -0.2) is 12.8 Å². The van der Waals surface area contributed by atoms with E-state index in [4.69, 9.17) is 9.47 Å². The molecule has 2 N–H and O–H groups in total. The predicted octanol–water partition coefficient (Wildman–Crippen LogP) is 3.37. The predicted molar refractivity (Wildman–Crippen MR) is 89.8 cm³/mol. The number of urea groups is 1. The van der Waals surface area contributed by atoms with E-state index in [2.05, 4.69) is 22.8 Å². The molecule has 5 nitrogen and oxygen atoms in total. The fraction of sp³-hybridized carbons (Fsp3) is 0.316. The smallest absolute Gasteiger partial charge is 0.315 e. The number of benzene rings is 2. The lowest BCUT2D eigenvalue weighted by atomic mass is 10.0. The van der Waals surface area contributed by atoms with Gasteiger partial charge in [0, 0.05) is 6.54 Å². The Bertz CT molecular complexity index is 729. The Labute approximate surface area is 141 Å². The van der Waals surface area contributed by atoms with Gasteiger partial charge in [0.1, 0.15) is 0 Å². The van der Waals surface area contributed by atoms with Crippen LogP contribution in [0.2, 0.25) is 0 Å². The van der Waals surface area contributed by atoms with Gasteiger partial charge in [-0.25, -0.2) is 4.79 Å². The van der Waals surface area contributed by atoms with E-state index in [0.29, 0.717) is 12.5 Å². The summed E-state index contributed by atoms with van der Waals surface area (Å²) in [6, 6.07) is 15.8. The molecule has 0 saturated heterocycles. The normalized spacial score (nSPS) is 16.5. The number of hydrogen-bond acceptors (Lipinski definition) is 3. The van der Waals surface area contributed by atoms with Crippen LogP contribution in [0.3, 0.4) is 0 Å². The van der Waals surface area contributed by atoms with E-state index in [1.807, 2.05) is 36.4 Å². The van der Waals surface area contributed by atoms with Crippen LogP contribution in [-0.2, 0) is 6.54 Å². The summed E-state index contributed by atoms with van der Waals surface area (Å²) >= 11 is 0. The lowest BCUT2D eigenvalue weighted by molar-refractivity contribution is 0.174. The van der Waals surface area contributed by atoms with Crippen LogP contribution in [0.5, 0.6) is 11.5 Å². The van der Waals surface area contributed by atoms with Gasteiger partial charge >= 0.3 is 6.03 Å². The van der Waals surface area contributed by atoms with Gasteiger partial charge in [-0.3, -0.25) is 0 Å². The Morgan fingerprint density at radius 2 is 1.88 bits per heavy atom. The number of amides is 2. The number of rotatable bonds is 5. The maximum Gasteiger partial charge on any atom is 0.315 e. The topological polar surface area (TPSA) is 59.6 Å². The fourth-order valence-corrected chi connectivity index (χ4v) is 2.99. The van der Waals surface area contributed by atoms with Crippen molar-refractivity contribution in [2.75, 3.05) is 6.79 Å². The van der Waals surface area contributed by atoms with Crippen LogP contribution in [0.15, 0.2) is 48.5 Å². The van der Waals surface area contributed by atoms with Crippen LogP contribution >= 0.6 is 0 Å². The largest absolute Gasteiger partial charge is 0.454 e. The minimum Gasteiger partial charge on any atom is -0.454 e. The number of nitrogens with one attached hydrogen (secondary N) is 2. The van der Waals surface area contributed by atoms with E-state index in [9.17, 15) is 4.79 Å². The summed E-state index contributed by atoms with van der Waals surface area (Å²) in [4.78, 5) is 12.3. The first-order valence-electron chi connectivity index (χ1n) is 8.27. The lowest BCUT2D eigenvalue weighted by Gasteiger charge is -2.19. The molecule has 1 aliphatic carbocycles. The molecule has 1 heterocycles. The van der Waals surface area contributed by atoms with Gasteiger partial charge in [0.05, 0.1) is 6.04 Å². The quantitative estimate of drug-likeness (QED) is 0.886. The second-order valence-electron chi connectivity index (χ2n) is 6.24. The minimum absolute atomic E-state index is 0.0861. The average Bonchev–Trinajstić information content (AvgIpc) is 3.35. The molecule has 1 atom stereocenters. The highest BCUT2D eigenvalue weighted by Crippen LogP contribution is 2.40. The molecule has 2 amide bonds. The molecule has 1 saturated carbocycles. The zero-order valence-electron chi connectivity index (χ0n) is 13.3. The van der Waals surface area contributed by atoms with Crippen molar-refractivity contribution in [3.63, 3.8) is 0 Å². The third kappa shape index (κ3) is 3.30. The van der Waals surface area contributed by atoms with Crippen molar-refractivity contribution in [3.05, 3.63) is 59.7 Å². The Kier molecular flexibility index (Phi) is 3.99. The van der Waals surface area contributed by atoms with Gasteiger partial charge in [0.25, 0.3) is 0 Å². The first kappa shape index (κ1) is 14.9. The highest BCUT2D eigenvalue weighted by molar-refractivity contribution is 5.74. The molecule has 0 aromatic heterocycles. The number of carbonyl (C=O) groups excluding carboxylic acids is 1. The van der Waals surface area contributed by atoms with Crippen molar-refractivity contribution in [2.45, 2.75) is 25.4 Å². The fourth-order valence-electron chi connectivity index (χ4n) is 2.99. The minimum atomic E-state index is -0.145. The maximum absolute atomic E-state index is 12.3. The Morgan fingerprint density at radius 3 is 2.67 bits per heavy atom. The zero-order chi connectivity index (χ0) is 16.4. The van der Waals surface area contributed by atoms with Crippen molar-refractivity contribution in [3.8, 4) is 11.5 Å². The zero-order valence-corrected chi connectivity index (χ0v) is 13.3. The van der Waals surface area contributed by atoms with Gasteiger partial charge < -0.3 is 20.1 Å². The Morgan fingerprint density at radius 1 is 1.08 bits per heavy atom. The first-order valence-corrected chi connectivity index (χ1v) is 8.27. The monoisotopic (exact) mass is 324 g/mol. The third-order valence-electron chi connectivity index (χ3n) is 4.43. The average molecular weight is 324 g/mol. The molecule has 0 bridgehead atoms. The van der Waals surface area contributed by atoms with Crippen molar-refractivity contribution < 1.29 is 14.3 Å². The summed E-state index contributed by atoms with van der Waals surface area (Å²) in [5.41, 5.74) is 2.15. The molecule has 24 heavy (non-hydrogen) atoms. The molecule has 5 heteroatoms. The molecular weight excluding hydrogens is 304 g/mol. The lowest BCUT2D eigenvalue weighted by Crippen LogP contribution is -2.38. The number of carbonyl (C=O) groups is 1. The summed E-state index contributed by atoms with van der Waals surface area (Å²) < 4.78 is 10.6. The van der Waals surface area contributed by atoms with Crippen LogP contribution < -0.4 is 20.1 Å². The van der Waals surface area contributed by atoms with Crippen LogP contribution in [0.25, 0.3) is 0 Å². The highest BCUT2D eigenvalue weighted by Gasteiger charge is 2.33. The highest BCUT2D eigenvalue weighted by atomic mass is 16.7. The van der Waals surface area contributed by atoms with Gasteiger partial charge in [-0.05, 0) is 42.0 Å². The molecule has 2 aromatic rings. The Hall–Kier alpha value is -2.69. The van der Waals surface area contributed by atoms with Gasteiger partial charge in [-0.15, -0.1) is 0 Å². The van der Waals surface area contributed by atoms with Crippen molar-refractivity contribution in [2.24, 2.45) is 5.92 Å². The molecule has 2 aliphatic rings. The standard InChI is InChI=1S/C19H20N2O3/c22-19(20-11-13-6-9-16-17(10-13)24-12-23-16)21-18(15-7-8-15)14-4-2-1-3-5-14/h1-6,9-10,15,18H,7-8,11-12H2,(H2,20,21,22). The van der Waals surface area contributed by atoms with Crippen LogP contribution in [0.4, 0.5) is 4.79 Å². The van der Waals surface area contributed by atoms with Gasteiger partial charge in [0.15, 0.2) is 11.5 Å². The number of ether oxygens (including phenoxy) is 2. The van der Waals surface area contributed by atoms with Crippen LogP contribution in [0, 0.1) is 5.92 Å². The molecule has 2 aromatic carbocycles. The van der Waals surface area contributed by atoms with Gasteiger partial charge in [0.2, 0.25) is 6.79 Å². The first-order chi connectivity index (χ1) is 11.8. The van der Waals surface area contributed by atoms with E-state index >= 15 is 0 Å². The van der Waals surface area contributed by atoms with Gasteiger partial charge in [-0.2, -0.15) is 0 Å². The van der Waals surface area contributed by atoms with Crippen LogP contribution in [0.1, 0.15) is 30.0 Å². The molecule has 1 fully saturated rings. The summed E-state index contributed by atoms with van der Waals surface area (Å²) in [5.74, 6) is 2.03. The second-order valence-corrected chi connectivity index (χ2v) is 6.24. The van der Waals surface area contributed by atoms with E-state index in [1.54, 1.807) is 0 Å². The maximum atomic E-state index is 12.3. The number of hydrogen-bond donors (Lipinski definition) is 2. The molecule has 4 rings (SSSR count). The molecule has 1 aliphatic heterocycles. The second kappa shape index (κ2) is 6.43. The summed E-state index contributed by atoms with van der Waals surface area (Å²) in [5, 5.41) is 6.04. The SMILES string of the molecule is O=C(NCc1ccc2c(c1)OCO2)NC(c1ccccc1)C1CC1. The molecule has 0 radical (unpaired) electrons.